The molecule has 0 bridgehead atoms. The van der Waals surface area contributed by atoms with Crippen LogP contribution in [-0.2, 0) is 9.53 Å². The van der Waals surface area contributed by atoms with E-state index in [-0.39, 0.29) is 17.0 Å². The van der Waals surface area contributed by atoms with Gasteiger partial charge in [-0.2, -0.15) is 0 Å². The van der Waals surface area contributed by atoms with Crippen LogP contribution in [0.15, 0.2) is 0 Å². The zero-order valence-corrected chi connectivity index (χ0v) is 13.4. The van der Waals surface area contributed by atoms with Gasteiger partial charge in [0.2, 0.25) is 0 Å². The van der Waals surface area contributed by atoms with Crippen LogP contribution in [-0.4, -0.2) is 11.6 Å². The third-order valence-electron chi connectivity index (χ3n) is 4.63. The second-order valence-corrected chi connectivity index (χ2v) is 6.26. The molecule has 0 aliphatic carbocycles. The number of rotatable bonds is 8. The molecule has 0 heterocycles. The summed E-state index contributed by atoms with van der Waals surface area (Å²) in [6.45, 7) is 15.0. The summed E-state index contributed by atoms with van der Waals surface area (Å²) in [6, 6.07) is 0. The Balaban J connectivity index is 4.97. The first-order valence-corrected chi connectivity index (χ1v) is 7.46. The fourth-order valence-corrected chi connectivity index (χ4v) is 2.37. The van der Waals surface area contributed by atoms with E-state index in [1.807, 2.05) is 6.92 Å². The predicted molar refractivity (Wildman–Crippen MR) is 77.5 cm³/mol. The van der Waals surface area contributed by atoms with Crippen LogP contribution in [0.4, 0.5) is 0 Å². The number of carbonyl (C=O) groups excluding carboxylic acids is 1. The zero-order valence-electron chi connectivity index (χ0n) is 13.4. The number of esters is 1. The molecule has 0 aromatic rings. The molecule has 2 atom stereocenters. The molecule has 0 aromatic carbocycles. The van der Waals surface area contributed by atoms with Gasteiger partial charge < -0.3 is 4.74 Å². The van der Waals surface area contributed by atoms with Crippen molar-refractivity contribution in [3.8, 4) is 0 Å². The van der Waals surface area contributed by atoms with E-state index in [1.165, 1.54) is 6.42 Å². The highest BCUT2D eigenvalue weighted by atomic mass is 16.6. The summed E-state index contributed by atoms with van der Waals surface area (Å²) in [5.41, 5.74) is -0.277. The Morgan fingerprint density at radius 3 is 2.00 bits per heavy atom. The normalized spacial score (nSPS) is 18.2. The van der Waals surface area contributed by atoms with Gasteiger partial charge in [-0.05, 0) is 32.1 Å². The summed E-state index contributed by atoms with van der Waals surface area (Å²) in [5.74, 6) is 0.613. The summed E-state index contributed by atoms with van der Waals surface area (Å²) < 4.78 is 5.79. The summed E-state index contributed by atoms with van der Waals surface area (Å²) in [7, 11) is 0. The van der Waals surface area contributed by atoms with Crippen molar-refractivity contribution in [3.63, 3.8) is 0 Å². The Bertz CT molecular complexity index is 260. The molecule has 0 aromatic heterocycles. The molecule has 0 saturated heterocycles. The number of ether oxygens (including phenoxy) is 1. The summed E-state index contributed by atoms with van der Waals surface area (Å²) in [4.78, 5) is 11.7. The van der Waals surface area contributed by atoms with Gasteiger partial charge in [-0.25, -0.2) is 0 Å². The van der Waals surface area contributed by atoms with Crippen molar-refractivity contribution in [1.29, 1.82) is 0 Å². The average molecular weight is 256 g/mol. The molecule has 0 saturated carbocycles. The number of carbonyl (C=O) groups is 1. The van der Waals surface area contributed by atoms with E-state index < -0.39 is 0 Å². The van der Waals surface area contributed by atoms with E-state index in [1.54, 1.807) is 0 Å². The molecule has 0 rings (SSSR count). The fraction of sp³-hybridized carbons (Fsp3) is 0.938. The molecule has 2 unspecified atom stereocenters. The molecule has 0 fully saturated rings. The van der Waals surface area contributed by atoms with Crippen molar-refractivity contribution < 1.29 is 9.53 Å². The van der Waals surface area contributed by atoms with Gasteiger partial charge in [-0.15, -0.1) is 0 Å². The van der Waals surface area contributed by atoms with Crippen LogP contribution in [0.25, 0.3) is 0 Å². The Morgan fingerprint density at radius 2 is 1.67 bits per heavy atom. The molecule has 108 valence electrons. The first-order chi connectivity index (χ1) is 8.24. The Labute approximate surface area is 113 Å². The highest BCUT2D eigenvalue weighted by molar-refractivity contribution is 5.69. The molecule has 0 aliphatic rings. The lowest BCUT2D eigenvalue weighted by Crippen LogP contribution is -2.47. The topological polar surface area (TPSA) is 26.3 Å². The SMILES string of the molecule is CCC(=O)OC(C)(CC)C(C)(CC)CCC(C)C. The van der Waals surface area contributed by atoms with E-state index in [2.05, 4.69) is 41.5 Å². The lowest BCUT2D eigenvalue weighted by atomic mass is 9.67. The quantitative estimate of drug-likeness (QED) is 0.574. The minimum Gasteiger partial charge on any atom is -0.459 e. The van der Waals surface area contributed by atoms with Gasteiger partial charge in [0.05, 0.1) is 0 Å². The van der Waals surface area contributed by atoms with E-state index in [9.17, 15) is 4.79 Å². The van der Waals surface area contributed by atoms with Crippen LogP contribution in [0.2, 0.25) is 0 Å². The van der Waals surface area contributed by atoms with Gasteiger partial charge in [-0.1, -0.05) is 48.0 Å². The third kappa shape index (κ3) is 4.29. The Kier molecular flexibility index (Phi) is 6.94. The van der Waals surface area contributed by atoms with Gasteiger partial charge in [0.25, 0.3) is 0 Å². The monoisotopic (exact) mass is 256 g/mol. The first-order valence-electron chi connectivity index (χ1n) is 7.46. The standard InChI is InChI=1S/C16H32O2/c1-8-14(17)18-16(7,10-3)15(6,9-2)12-11-13(4)5/h13H,8-12H2,1-7H3. The van der Waals surface area contributed by atoms with Crippen molar-refractivity contribution in [2.24, 2.45) is 11.3 Å². The van der Waals surface area contributed by atoms with Crippen molar-refractivity contribution in [1.82, 2.24) is 0 Å². The van der Waals surface area contributed by atoms with E-state index >= 15 is 0 Å². The summed E-state index contributed by atoms with van der Waals surface area (Å²) in [6.07, 6.45) is 4.67. The Morgan fingerprint density at radius 1 is 1.11 bits per heavy atom. The first kappa shape index (κ1) is 17.5. The van der Waals surface area contributed by atoms with Gasteiger partial charge >= 0.3 is 5.97 Å². The molecule has 0 N–H and O–H groups in total. The molecule has 0 spiro atoms. The van der Waals surface area contributed by atoms with Crippen LogP contribution in [0, 0.1) is 11.3 Å². The zero-order chi connectivity index (χ0) is 14.4. The van der Waals surface area contributed by atoms with Gasteiger partial charge in [0.1, 0.15) is 5.60 Å². The van der Waals surface area contributed by atoms with Crippen LogP contribution in [0.1, 0.15) is 80.6 Å². The van der Waals surface area contributed by atoms with Crippen LogP contribution in [0.3, 0.4) is 0 Å². The van der Waals surface area contributed by atoms with E-state index in [0.29, 0.717) is 12.3 Å². The molecule has 0 radical (unpaired) electrons. The minimum absolute atomic E-state index is 0.0663. The van der Waals surface area contributed by atoms with Gasteiger partial charge in [0, 0.05) is 11.8 Å². The molecule has 0 aliphatic heterocycles. The maximum atomic E-state index is 11.7. The molecule has 0 amide bonds. The van der Waals surface area contributed by atoms with Crippen molar-refractivity contribution >= 4 is 5.97 Å². The largest absolute Gasteiger partial charge is 0.459 e. The van der Waals surface area contributed by atoms with Crippen molar-refractivity contribution in [3.05, 3.63) is 0 Å². The van der Waals surface area contributed by atoms with Crippen molar-refractivity contribution in [2.45, 2.75) is 86.2 Å². The predicted octanol–water partition coefficient (Wildman–Crippen LogP) is 4.96. The minimum atomic E-state index is -0.344. The van der Waals surface area contributed by atoms with Crippen LogP contribution >= 0.6 is 0 Å². The summed E-state index contributed by atoms with van der Waals surface area (Å²) >= 11 is 0. The highest BCUT2D eigenvalue weighted by Gasteiger charge is 2.44. The third-order valence-corrected chi connectivity index (χ3v) is 4.63. The second-order valence-electron chi connectivity index (χ2n) is 6.26. The average Bonchev–Trinajstić information content (AvgIpc) is 2.35. The molecular weight excluding hydrogens is 224 g/mol. The maximum Gasteiger partial charge on any atom is 0.306 e. The van der Waals surface area contributed by atoms with Crippen LogP contribution in [0.5, 0.6) is 0 Å². The molecular formula is C16H32O2. The molecule has 2 heteroatoms. The summed E-state index contributed by atoms with van der Waals surface area (Å²) in [5, 5.41) is 0. The molecule has 18 heavy (non-hydrogen) atoms. The second kappa shape index (κ2) is 7.16. The smallest absolute Gasteiger partial charge is 0.306 e. The maximum absolute atomic E-state index is 11.7. The molecule has 2 nitrogen and oxygen atoms in total. The van der Waals surface area contributed by atoms with Crippen molar-refractivity contribution in [2.75, 3.05) is 0 Å². The lowest BCUT2D eigenvalue weighted by molar-refractivity contribution is -0.175. The number of hydrogen-bond acceptors (Lipinski definition) is 2. The van der Waals surface area contributed by atoms with Gasteiger partial charge in [-0.3, -0.25) is 4.79 Å². The Hall–Kier alpha value is -0.530. The lowest BCUT2D eigenvalue weighted by Gasteiger charge is -2.45. The number of hydrogen-bond donors (Lipinski definition) is 0. The highest BCUT2D eigenvalue weighted by Crippen LogP contribution is 2.44. The van der Waals surface area contributed by atoms with Gasteiger partial charge in [0.15, 0.2) is 0 Å². The van der Waals surface area contributed by atoms with Crippen LogP contribution < -0.4 is 0 Å². The van der Waals surface area contributed by atoms with E-state index in [4.69, 9.17) is 4.74 Å². The van der Waals surface area contributed by atoms with E-state index in [0.717, 1.165) is 19.3 Å². The fourth-order valence-electron chi connectivity index (χ4n) is 2.37.